The second-order valence-corrected chi connectivity index (χ2v) is 6.22. The van der Waals surface area contributed by atoms with Gasteiger partial charge in [0.1, 0.15) is 0 Å². The Bertz CT molecular complexity index is 563. The minimum atomic E-state index is 0.657. The number of nitrogens with zero attached hydrogens (tertiary/aromatic N) is 3. The molecule has 0 aliphatic rings. The molecule has 0 aromatic carbocycles. The summed E-state index contributed by atoms with van der Waals surface area (Å²) in [6, 6.07) is 4.25. The van der Waals surface area contributed by atoms with E-state index in [1.165, 1.54) is 5.56 Å². The van der Waals surface area contributed by atoms with Gasteiger partial charge in [-0.2, -0.15) is 5.10 Å². The van der Waals surface area contributed by atoms with Crippen molar-refractivity contribution < 1.29 is 0 Å². The highest BCUT2D eigenvalue weighted by Gasteiger charge is 2.05. The van der Waals surface area contributed by atoms with Crippen molar-refractivity contribution in [1.29, 1.82) is 0 Å². The van der Waals surface area contributed by atoms with Gasteiger partial charge in [-0.3, -0.25) is 0 Å². The van der Waals surface area contributed by atoms with Crippen molar-refractivity contribution in [2.24, 2.45) is 5.92 Å². The molecule has 5 heteroatoms. The first-order valence-corrected chi connectivity index (χ1v) is 7.79. The van der Waals surface area contributed by atoms with Crippen LogP contribution < -0.4 is 5.32 Å². The van der Waals surface area contributed by atoms with E-state index in [0.717, 1.165) is 35.5 Å². The quantitative estimate of drug-likeness (QED) is 0.879. The molecule has 0 fully saturated rings. The van der Waals surface area contributed by atoms with Gasteiger partial charge in [-0.25, -0.2) is 9.67 Å². The zero-order chi connectivity index (χ0) is 14.5. The van der Waals surface area contributed by atoms with Gasteiger partial charge in [0, 0.05) is 18.4 Å². The molecule has 2 heterocycles. The molecule has 0 aliphatic heterocycles. The van der Waals surface area contributed by atoms with E-state index in [1.807, 2.05) is 6.20 Å². The van der Waals surface area contributed by atoms with Crippen molar-refractivity contribution in [3.63, 3.8) is 0 Å². The molecule has 0 amide bonds. The first-order valence-electron chi connectivity index (χ1n) is 6.99. The van der Waals surface area contributed by atoms with E-state index in [2.05, 4.69) is 64.2 Å². The van der Waals surface area contributed by atoms with Gasteiger partial charge in [-0.15, -0.1) is 0 Å². The van der Waals surface area contributed by atoms with Crippen molar-refractivity contribution in [2.45, 2.75) is 33.7 Å². The Morgan fingerprint density at radius 1 is 1.35 bits per heavy atom. The average Bonchev–Trinajstić information content (AvgIpc) is 2.84. The van der Waals surface area contributed by atoms with Gasteiger partial charge in [0.05, 0.1) is 10.7 Å². The minimum Gasteiger partial charge on any atom is -0.312 e. The summed E-state index contributed by atoms with van der Waals surface area (Å²) in [6.45, 7) is 8.43. The van der Waals surface area contributed by atoms with E-state index in [-0.39, 0.29) is 0 Å². The van der Waals surface area contributed by atoms with Gasteiger partial charge in [0.2, 0.25) is 0 Å². The van der Waals surface area contributed by atoms with Crippen molar-refractivity contribution in [2.75, 3.05) is 6.54 Å². The summed E-state index contributed by atoms with van der Waals surface area (Å²) in [6.07, 6.45) is 4.62. The summed E-state index contributed by atoms with van der Waals surface area (Å²) < 4.78 is 2.76. The Kier molecular flexibility index (Phi) is 5.31. The molecule has 4 nitrogen and oxygen atoms in total. The smallest absolute Gasteiger partial charge is 0.153 e. The number of pyridine rings is 1. The van der Waals surface area contributed by atoms with Gasteiger partial charge < -0.3 is 5.32 Å². The van der Waals surface area contributed by atoms with Crippen LogP contribution in [0.1, 0.15) is 32.0 Å². The summed E-state index contributed by atoms with van der Waals surface area (Å²) in [4.78, 5) is 4.63. The minimum absolute atomic E-state index is 0.657. The molecule has 0 atom stereocenters. The second-order valence-electron chi connectivity index (χ2n) is 5.31. The topological polar surface area (TPSA) is 42.7 Å². The molecule has 20 heavy (non-hydrogen) atoms. The highest BCUT2D eigenvalue weighted by molar-refractivity contribution is 9.10. The van der Waals surface area contributed by atoms with E-state index < -0.39 is 0 Å². The number of halogens is 1. The normalized spacial score (nSPS) is 11.2. The molecule has 0 spiro atoms. The van der Waals surface area contributed by atoms with Gasteiger partial charge in [-0.05, 0) is 52.5 Å². The Hall–Kier alpha value is -1.20. The third-order valence-electron chi connectivity index (χ3n) is 2.95. The lowest BCUT2D eigenvalue weighted by Crippen LogP contribution is -2.19. The lowest BCUT2D eigenvalue weighted by molar-refractivity contribution is 0.552. The Morgan fingerprint density at radius 2 is 2.15 bits per heavy atom. The van der Waals surface area contributed by atoms with E-state index in [0.29, 0.717) is 5.92 Å². The van der Waals surface area contributed by atoms with Crippen LogP contribution in [-0.2, 0) is 13.0 Å². The van der Waals surface area contributed by atoms with E-state index in [1.54, 1.807) is 10.9 Å². The van der Waals surface area contributed by atoms with E-state index >= 15 is 0 Å². The highest BCUT2D eigenvalue weighted by atomic mass is 79.9. The maximum Gasteiger partial charge on any atom is 0.153 e. The Balaban J connectivity index is 2.20. The molecule has 2 aromatic rings. The largest absolute Gasteiger partial charge is 0.312 e. The lowest BCUT2D eigenvalue weighted by Gasteiger charge is -2.10. The van der Waals surface area contributed by atoms with Crippen LogP contribution in [0.2, 0.25) is 0 Å². The van der Waals surface area contributed by atoms with Crippen molar-refractivity contribution in [3.05, 3.63) is 40.3 Å². The van der Waals surface area contributed by atoms with Gasteiger partial charge in [0.25, 0.3) is 0 Å². The molecule has 2 aromatic heterocycles. The summed E-state index contributed by atoms with van der Waals surface area (Å²) in [5, 5.41) is 7.77. The van der Waals surface area contributed by atoms with Crippen LogP contribution in [-0.4, -0.2) is 21.3 Å². The number of aromatic nitrogens is 3. The molecule has 2 rings (SSSR count). The zero-order valence-corrected chi connectivity index (χ0v) is 13.8. The third kappa shape index (κ3) is 4.15. The summed E-state index contributed by atoms with van der Waals surface area (Å²) in [5.74, 6) is 1.53. The van der Waals surface area contributed by atoms with Crippen molar-refractivity contribution >= 4 is 15.9 Å². The third-order valence-corrected chi connectivity index (χ3v) is 3.36. The summed E-state index contributed by atoms with van der Waals surface area (Å²) >= 11 is 3.42. The van der Waals surface area contributed by atoms with Crippen molar-refractivity contribution in [3.8, 4) is 5.82 Å². The number of hydrogen-bond acceptors (Lipinski definition) is 3. The summed E-state index contributed by atoms with van der Waals surface area (Å²) in [5.41, 5.74) is 2.34. The second kappa shape index (κ2) is 6.99. The molecule has 0 unspecified atom stereocenters. The van der Waals surface area contributed by atoms with Crippen LogP contribution in [0.25, 0.3) is 5.82 Å². The van der Waals surface area contributed by atoms with E-state index in [4.69, 9.17) is 0 Å². The predicted molar refractivity (Wildman–Crippen MR) is 85.0 cm³/mol. The monoisotopic (exact) mass is 336 g/mol. The fourth-order valence-electron chi connectivity index (χ4n) is 1.97. The molecule has 1 N–H and O–H groups in total. The Morgan fingerprint density at radius 3 is 2.75 bits per heavy atom. The number of aryl methyl sites for hydroxylation is 1. The Labute approximate surface area is 128 Å². The number of nitrogens with one attached hydrogen (secondary N) is 1. The zero-order valence-electron chi connectivity index (χ0n) is 12.2. The first-order chi connectivity index (χ1) is 9.58. The van der Waals surface area contributed by atoms with E-state index in [9.17, 15) is 0 Å². The standard InChI is InChI=1S/C15H21BrN4/c1-4-14-5-12(8-17-7-11(2)3)6-15(19-14)20-10-13(16)9-18-20/h5-6,9-11,17H,4,7-8H2,1-3H3. The maximum atomic E-state index is 4.63. The van der Waals surface area contributed by atoms with Crippen LogP contribution in [0, 0.1) is 5.92 Å². The molecule has 0 radical (unpaired) electrons. The van der Waals surface area contributed by atoms with Crippen LogP contribution in [0.5, 0.6) is 0 Å². The van der Waals surface area contributed by atoms with Crippen molar-refractivity contribution in [1.82, 2.24) is 20.1 Å². The lowest BCUT2D eigenvalue weighted by atomic mass is 10.1. The summed E-state index contributed by atoms with van der Waals surface area (Å²) in [7, 11) is 0. The van der Waals surface area contributed by atoms with Gasteiger partial charge >= 0.3 is 0 Å². The molecule has 0 saturated heterocycles. The number of hydrogen-bond donors (Lipinski definition) is 1. The first kappa shape index (κ1) is 15.2. The fraction of sp³-hybridized carbons (Fsp3) is 0.467. The highest BCUT2D eigenvalue weighted by Crippen LogP contribution is 2.14. The van der Waals surface area contributed by atoms with Gasteiger partial charge in [0.15, 0.2) is 5.82 Å². The molecular formula is C15H21BrN4. The van der Waals surface area contributed by atoms with Crippen LogP contribution in [0.3, 0.4) is 0 Å². The van der Waals surface area contributed by atoms with Crippen LogP contribution in [0.4, 0.5) is 0 Å². The predicted octanol–water partition coefficient (Wildman–Crippen LogP) is 3.34. The van der Waals surface area contributed by atoms with Crippen LogP contribution in [0.15, 0.2) is 29.0 Å². The van der Waals surface area contributed by atoms with Crippen LogP contribution >= 0.6 is 15.9 Å². The fourth-order valence-corrected chi connectivity index (χ4v) is 2.25. The molecule has 0 bridgehead atoms. The molecule has 0 aliphatic carbocycles. The maximum absolute atomic E-state index is 4.63. The average molecular weight is 337 g/mol. The van der Waals surface area contributed by atoms with Gasteiger partial charge in [-0.1, -0.05) is 20.8 Å². The molecule has 108 valence electrons. The molecular weight excluding hydrogens is 316 g/mol. The SMILES string of the molecule is CCc1cc(CNCC(C)C)cc(-n2cc(Br)cn2)n1. The molecule has 0 saturated carbocycles. The number of rotatable bonds is 6.